The molecule has 0 amide bonds. The Balaban J connectivity index is 2.33. The minimum absolute atomic E-state index is 0.159. The molecule has 1 heterocycles. The number of hydrogen-bond donors (Lipinski definition) is 2. The molecule has 0 aromatic heterocycles. The van der Waals surface area contributed by atoms with Gasteiger partial charge in [-0.3, -0.25) is 4.21 Å². The number of nitrogens with one attached hydrogen (secondary N) is 1. The van der Waals surface area contributed by atoms with E-state index >= 15 is 0 Å². The van der Waals surface area contributed by atoms with Crippen LogP contribution in [0.2, 0.25) is 0 Å². The molecule has 0 aromatic carbocycles. The minimum Gasteiger partial charge on any atom is -0.396 e. The van der Waals surface area contributed by atoms with Crippen LogP contribution < -0.4 is 5.32 Å². The molecule has 1 rings (SSSR count). The molecule has 1 saturated heterocycles. The van der Waals surface area contributed by atoms with E-state index in [1.165, 1.54) is 0 Å². The van der Waals surface area contributed by atoms with Crippen LogP contribution in [0.15, 0.2) is 0 Å². The van der Waals surface area contributed by atoms with Gasteiger partial charge >= 0.3 is 0 Å². The van der Waals surface area contributed by atoms with Gasteiger partial charge in [-0.25, -0.2) is 0 Å². The Hall–Kier alpha value is 0.0300. The van der Waals surface area contributed by atoms with Gasteiger partial charge in [0.2, 0.25) is 0 Å². The first-order valence-electron chi connectivity index (χ1n) is 6.57. The number of rotatable bonds is 8. The van der Waals surface area contributed by atoms with E-state index in [0.29, 0.717) is 12.2 Å². The standard InChI is InChI=1S/C12H25NO3S/c1-2-6-13-11(3-7-14)10-17(15)12-4-8-16-9-5-12/h11-14H,2-10H2,1H3. The Bertz CT molecular complexity index is 220. The molecule has 4 nitrogen and oxygen atoms in total. The fourth-order valence-electron chi connectivity index (χ4n) is 2.02. The van der Waals surface area contributed by atoms with E-state index in [4.69, 9.17) is 9.84 Å². The highest BCUT2D eigenvalue weighted by atomic mass is 32.2. The summed E-state index contributed by atoms with van der Waals surface area (Å²) in [4.78, 5) is 0. The summed E-state index contributed by atoms with van der Waals surface area (Å²) in [5, 5.41) is 12.6. The molecule has 2 atom stereocenters. The molecule has 2 unspecified atom stereocenters. The maximum Gasteiger partial charge on any atom is 0.0477 e. The van der Waals surface area contributed by atoms with Crippen molar-refractivity contribution in [1.82, 2.24) is 5.32 Å². The molecule has 2 N–H and O–H groups in total. The molecule has 0 aliphatic carbocycles. The van der Waals surface area contributed by atoms with Crippen molar-refractivity contribution in [2.75, 3.05) is 32.1 Å². The van der Waals surface area contributed by atoms with Crippen LogP contribution >= 0.6 is 0 Å². The van der Waals surface area contributed by atoms with Gasteiger partial charge in [0.15, 0.2) is 0 Å². The highest BCUT2D eigenvalue weighted by molar-refractivity contribution is 7.85. The molecular weight excluding hydrogens is 238 g/mol. The Kier molecular flexibility index (Phi) is 8.01. The maximum absolute atomic E-state index is 12.2. The molecule has 0 bridgehead atoms. The lowest BCUT2D eigenvalue weighted by Crippen LogP contribution is -2.38. The van der Waals surface area contributed by atoms with Crippen LogP contribution in [0.3, 0.4) is 0 Å². The summed E-state index contributed by atoms with van der Waals surface area (Å²) < 4.78 is 17.5. The fraction of sp³-hybridized carbons (Fsp3) is 1.00. The smallest absolute Gasteiger partial charge is 0.0477 e. The van der Waals surface area contributed by atoms with Crippen LogP contribution in [0.5, 0.6) is 0 Å². The van der Waals surface area contributed by atoms with Gasteiger partial charge in [0.25, 0.3) is 0 Å². The van der Waals surface area contributed by atoms with Crippen molar-refractivity contribution < 1.29 is 14.1 Å². The van der Waals surface area contributed by atoms with Crippen LogP contribution in [-0.4, -0.2) is 52.7 Å². The van der Waals surface area contributed by atoms with E-state index in [9.17, 15) is 4.21 Å². The van der Waals surface area contributed by atoms with E-state index in [2.05, 4.69) is 12.2 Å². The third kappa shape index (κ3) is 5.95. The van der Waals surface area contributed by atoms with Gasteiger partial charge in [-0.05, 0) is 32.2 Å². The van der Waals surface area contributed by atoms with Gasteiger partial charge in [0, 0.05) is 47.7 Å². The molecule has 1 aliphatic rings. The minimum atomic E-state index is -0.795. The first-order valence-corrected chi connectivity index (χ1v) is 7.95. The van der Waals surface area contributed by atoms with Crippen molar-refractivity contribution in [1.29, 1.82) is 0 Å². The molecule has 17 heavy (non-hydrogen) atoms. The molecule has 0 aromatic rings. The second kappa shape index (κ2) is 9.03. The number of ether oxygens (including phenoxy) is 1. The van der Waals surface area contributed by atoms with Crippen LogP contribution in [-0.2, 0) is 15.5 Å². The first-order chi connectivity index (χ1) is 8.27. The molecule has 0 saturated carbocycles. The van der Waals surface area contributed by atoms with Gasteiger partial charge in [0.05, 0.1) is 0 Å². The summed E-state index contributed by atoms with van der Waals surface area (Å²) in [5.41, 5.74) is 0. The first kappa shape index (κ1) is 15.1. The van der Waals surface area contributed by atoms with Crippen LogP contribution in [0.1, 0.15) is 32.6 Å². The zero-order valence-corrected chi connectivity index (χ0v) is 11.5. The summed E-state index contributed by atoms with van der Waals surface area (Å²) in [6, 6.07) is 0.184. The van der Waals surface area contributed by atoms with E-state index in [0.717, 1.165) is 39.0 Å². The molecule has 5 heteroatoms. The molecule has 1 aliphatic heterocycles. The van der Waals surface area contributed by atoms with Crippen LogP contribution in [0.4, 0.5) is 0 Å². The summed E-state index contributed by atoms with van der Waals surface area (Å²) in [5.74, 6) is 0.658. The summed E-state index contributed by atoms with van der Waals surface area (Å²) >= 11 is 0. The van der Waals surface area contributed by atoms with E-state index < -0.39 is 10.8 Å². The van der Waals surface area contributed by atoms with Crippen molar-refractivity contribution in [3.63, 3.8) is 0 Å². The van der Waals surface area contributed by atoms with E-state index in [1.807, 2.05) is 0 Å². The van der Waals surface area contributed by atoms with Crippen LogP contribution in [0.25, 0.3) is 0 Å². The third-order valence-electron chi connectivity index (χ3n) is 3.07. The summed E-state index contributed by atoms with van der Waals surface area (Å²) in [6.45, 7) is 4.67. The lowest BCUT2D eigenvalue weighted by Gasteiger charge is -2.24. The van der Waals surface area contributed by atoms with E-state index in [-0.39, 0.29) is 17.9 Å². The molecule has 0 radical (unpaired) electrons. The summed E-state index contributed by atoms with van der Waals surface area (Å²) in [6.07, 6.45) is 3.57. The molecule has 1 fully saturated rings. The number of aliphatic hydroxyl groups is 1. The lowest BCUT2D eigenvalue weighted by molar-refractivity contribution is 0.0991. The molecular formula is C12H25NO3S. The SMILES string of the molecule is CCCNC(CCO)CS(=O)C1CCOCC1. The number of hydrogen-bond acceptors (Lipinski definition) is 4. The monoisotopic (exact) mass is 263 g/mol. The molecule has 102 valence electrons. The summed E-state index contributed by atoms with van der Waals surface area (Å²) in [7, 11) is -0.795. The van der Waals surface area contributed by atoms with Crippen molar-refractivity contribution in [3.05, 3.63) is 0 Å². The van der Waals surface area contributed by atoms with Gasteiger partial charge in [-0.15, -0.1) is 0 Å². The zero-order chi connectivity index (χ0) is 12.5. The Labute approximate surface area is 107 Å². The van der Waals surface area contributed by atoms with Crippen molar-refractivity contribution in [3.8, 4) is 0 Å². The average molecular weight is 263 g/mol. The second-order valence-corrected chi connectivity index (χ2v) is 6.28. The molecule has 0 spiro atoms. The topological polar surface area (TPSA) is 58.6 Å². The van der Waals surface area contributed by atoms with Crippen molar-refractivity contribution in [2.45, 2.75) is 43.9 Å². The highest BCUT2D eigenvalue weighted by Gasteiger charge is 2.22. The highest BCUT2D eigenvalue weighted by Crippen LogP contribution is 2.14. The normalized spacial score (nSPS) is 21.3. The quantitative estimate of drug-likeness (QED) is 0.675. The largest absolute Gasteiger partial charge is 0.396 e. The van der Waals surface area contributed by atoms with Gasteiger partial charge < -0.3 is 15.2 Å². The Morgan fingerprint density at radius 2 is 2.18 bits per heavy atom. The predicted molar refractivity (Wildman–Crippen MR) is 70.6 cm³/mol. The van der Waals surface area contributed by atoms with Crippen LogP contribution in [0, 0.1) is 0 Å². The van der Waals surface area contributed by atoms with Gasteiger partial charge in [-0.2, -0.15) is 0 Å². The Morgan fingerprint density at radius 3 is 2.76 bits per heavy atom. The Morgan fingerprint density at radius 1 is 1.47 bits per heavy atom. The van der Waals surface area contributed by atoms with Gasteiger partial charge in [-0.1, -0.05) is 6.92 Å². The maximum atomic E-state index is 12.2. The predicted octanol–water partition coefficient (Wildman–Crippen LogP) is 0.665. The average Bonchev–Trinajstić information content (AvgIpc) is 2.37. The third-order valence-corrected chi connectivity index (χ3v) is 5.01. The van der Waals surface area contributed by atoms with Crippen molar-refractivity contribution >= 4 is 10.8 Å². The second-order valence-electron chi connectivity index (χ2n) is 4.52. The van der Waals surface area contributed by atoms with E-state index in [1.54, 1.807) is 0 Å². The fourth-order valence-corrected chi connectivity index (χ4v) is 3.69. The van der Waals surface area contributed by atoms with Gasteiger partial charge in [0.1, 0.15) is 0 Å². The zero-order valence-electron chi connectivity index (χ0n) is 10.7. The lowest BCUT2D eigenvalue weighted by atomic mass is 10.2. The number of aliphatic hydroxyl groups excluding tert-OH is 1. The van der Waals surface area contributed by atoms with Crippen molar-refractivity contribution in [2.24, 2.45) is 0 Å².